The number of aliphatic hydroxyl groups is 1. The lowest BCUT2D eigenvalue weighted by Gasteiger charge is -2.37. The fourth-order valence-corrected chi connectivity index (χ4v) is 5.26. The van der Waals surface area contributed by atoms with Gasteiger partial charge in [-0.3, -0.25) is 4.79 Å². The summed E-state index contributed by atoms with van der Waals surface area (Å²) in [6, 6.07) is 7.48. The van der Waals surface area contributed by atoms with Crippen LogP contribution in [0.4, 0.5) is 0 Å². The minimum absolute atomic E-state index is 0.0211. The first kappa shape index (κ1) is 29.4. The number of carbonyl (C=O) groups is 1. The summed E-state index contributed by atoms with van der Waals surface area (Å²) in [5.74, 6) is 6.54. The molecular weight excluding hydrogens is 506 g/mol. The number of pyridine rings is 1. The number of carbonyl (C=O) groups excluding carboxylic acids is 1. The first-order chi connectivity index (χ1) is 18.0. The molecule has 2 aromatic rings. The van der Waals surface area contributed by atoms with Crippen molar-refractivity contribution in [2.45, 2.75) is 51.2 Å². The van der Waals surface area contributed by atoms with Crippen LogP contribution in [0.2, 0.25) is 0 Å². The number of aromatic nitrogens is 1. The molecule has 206 valence electrons. The summed E-state index contributed by atoms with van der Waals surface area (Å²) in [5, 5.41) is 9.85. The van der Waals surface area contributed by atoms with Crippen molar-refractivity contribution < 1.29 is 27.8 Å². The molecule has 1 aliphatic heterocycles. The van der Waals surface area contributed by atoms with Crippen molar-refractivity contribution in [3.63, 3.8) is 0 Å². The molecule has 0 spiro atoms. The molecule has 0 fully saturated rings. The Kier molecular flexibility index (Phi) is 9.77. The van der Waals surface area contributed by atoms with Crippen molar-refractivity contribution in [1.82, 2.24) is 14.2 Å². The number of rotatable bonds is 8. The number of methoxy groups -OCH3 is 1. The zero-order valence-electron chi connectivity index (χ0n) is 22.8. The molecule has 10 heteroatoms. The summed E-state index contributed by atoms with van der Waals surface area (Å²) in [5.41, 5.74) is 0.817. The van der Waals surface area contributed by atoms with E-state index < -0.39 is 22.2 Å². The van der Waals surface area contributed by atoms with E-state index in [2.05, 4.69) is 30.7 Å². The Balaban J connectivity index is 1.97. The van der Waals surface area contributed by atoms with Crippen molar-refractivity contribution >= 4 is 15.9 Å². The van der Waals surface area contributed by atoms with Gasteiger partial charge in [-0.05, 0) is 31.0 Å². The largest absolute Gasteiger partial charge is 0.497 e. The second kappa shape index (κ2) is 12.6. The monoisotopic (exact) mass is 543 g/mol. The van der Waals surface area contributed by atoms with E-state index in [-0.39, 0.29) is 47.9 Å². The molecular formula is C28H37N3O6S. The number of benzene rings is 1. The van der Waals surface area contributed by atoms with Crippen LogP contribution in [0, 0.1) is 23.7 Å². The number of hydrogen-bond donors (Lipinski definition) is 1. The molecule has 0 saturated heterocycles. The SMILES string of the molecule is COc1cccc(S(=O)(=O)N(C)C[C@@H]2Oc3ncc(C#CCC(C)C)cc3C(=O)N([C@@H](C)CO)C[C@H]2C)c1. The van der Waals surface area contributed by atoms with Crippen molar-refractivity contribution in [3.05, 3.63) is 47.7 Å². The Labute approximate surface area is 225 Å². The normalized spacial score (nSPS) is 18.7. The molecule has 0 aliphatic carbocycles. The lowest BCUT2D eigenvalue weighted by Crippen LogP contribution is -2.50. The van der Waals surface area contributed by atoms with Gasteiger partial charge in [0.05, 0.1) is 31.2 Å². The van der Waals surface area contributed by atoms with Gasteiger partial charge < -0.3 is 19.5 Å². The van der Waals surface area contributed by atoms with Gasteiger partial charge in [-0.2, -0.15) is 4.31 Å². The maximum absolute atomic E-state index is 13.5. The predicted octanol–water partition coefficient (Wildman–Crippen LogP) is 3.03. The van der Waals surface area contributed by atoms with Crippen LogP contribution in [0.1, 0.15) is 50.0 Å². The summed E-state index contributed by atoms with van der Waals surface area (Å²) >= 11 is 0. The van der Waals surface area contributed by atoms with Crippen LogP contribution < -0.4 is 9.47 Å². The average Bonchev–Trinajstić information content (AvgIpc) is 2.90. The number of fused-ring (bicyclic) bond motifs is 1. The summed E-state index contributed by atoms with van der Waals surface area (Å²) in [6.07, 6.45) is 1.65. The summed E-state index contributed by atoms with van der Waals surface area (Å²) < 4.78 is 39.3. The van der Waals surface area contributed by atoms with Crippen LogP contribution in [-0.2, 0) is 10.0 Å². The molecule has 0 saturated carbocycles. The summed E-state index contributed by atoms with van der Waals surface area (Å²) in [7, 11) is -0.879. The number of nitrogens with zero attached hydrogens (tertiary/aromatic N) is 3. The minimum Gasteiger partial charge on any atom is -0.497 e. The Morgan fingerprint density at radius 1 is 1.29 bits per heavy atom. The summed E-state index contributed by atoms with van der Waals surface area (Å²) in [4.78, 5) is 19.6. The maximum atomic E-state index is 13.5. The van der Waals surface area contributed by atoms with Crippen LogP contribution in [0.5, 0.6) is 11.6 Å². The number of likely N-dealkylation sites (N-methyl/N-ethyl adjacent to an activating group) is 1. The minimum atomic E-state index is -3.85. The van der Waals surface area contributed by atoms with E-state index in [1.165, 1.54) is 30.6 Å². The number of ether oxygens (including phenoxy) is 2. The van der Waals surface area contributed by atoms with Crippen LogP contribution in [0.3, 0.4) is 0 Å². The first-order valence-electron chi connectivity index (χ1n) is 12.7. The van der Waals surface area contributed by atoms with E-state index in [0.717, 1.165) is 0 Å². The van der Waals surface area contributed by atoms with Gasteiger partial charge in [0.2, 0.25) is 15.9 Å². The molecule has 1 aromatic heterocycles. The van der Waals surface area contributed by atoms with Crippen molar-refractivity contribution in [2.75, 3.05) is 33.9 Å². The third kappa shape index (κ3) is 6.84. The Bertz CT molecular complexity index is 1300. The van der Waals surface area contributed by atoms with Crippen molar-refractivity contribution in [1.29, 1.82) is 0 Å². The summed E-state index contributed by atoms with van der Waals surface area (Å²) in [6.45, 7) is 7.87. The highest BCUT2D eigenvalue weighted by Gasteiger charge is 2.36. The molecule has 3 rings (SSSR count). The van der Waals surface area contributed by atoms with E-state index in [9.17, 15) is 18.3 Å². The molecule has 0 bridgehead atoms. The van der Waals surface area contributed by atoms with E-state index in [1.54, 1.807) is 36.2 Å². The quantitative estimate of drug-likeness (QED) is 0.510. The lowest BCUT2D eigenvalue weighted by atomic mass is 10.00. The highest BCUT2D eigenvalue weighted by Crippen LogP contribution is 2.28. The third-order valence-electron chi connectivity index (χ3n) is 6.45. The van der Waals surface area contributed by atoms with E-state index in [4.69, 9.17) is 9.47 Å². The Morgan fingerprint density at radius 3 is 2.68 bits per heavy atom. The standard InChI is InChI=1S/C28H37N3O6S/c1-19(2)9-7-10-22-13-25-27(29-15-22)37-26(20(3)16-31(28(25)33)21(4)18-32)17-30(5)38(34,35)24-12-8-11-23(14-24)36-6/h8,11-15,19-21,26,32H,9,16-18H2,1-6H3/t20-,21+,26+/m1/s1. The van der Waals surface area contributed by atoms with Gasteiger partial charge >= 0.3 is 0 Å². The smallest absolute Gasteiger partial charge is 0.259 e. The zero-order valence-corrected chi connectivity index (χ0v) is 23.7. The molecule has 1 aliphatic rings. The molecule has 9 nitrogen and oxygen atoms in total. The number of amides is 1. The van der Waals surface area contributed by atoms with Gasteiger partial charge in [-0.1, -0.05) is 38.7 Å². The van der Waals surface area contributed by atoms with Crippen LogP contribution in [0.15, 0.2) is 41.4 Å². The Hall–Kier alpha value is -3.13. The van der Waals surface area contributed by atoms with E-state index in [0.29, 0.717) is 23.7 Å². The molecule has 0 radical (unpaired) electrons. The third-order valence-corrected chi connectivity index (χ3v) is 8.27. The number of aliphatic hydroxyl groups excluding tert-OH is 1. The van der Waals surface area contributed by atoms with Crippen LogP contribution in [-0.4, -0.2) is 79.6 Å². The molecule has 2 heterocycles. The molecule has 1 aromatic carbocycles. The average molecular weight is 544 g/mol. The molecule has 1 N–H and O–H groups in total. The highest BCUT2D eigenvalue weighted by molar-refractivity contribution is 7.89. The number of hydrogen-bond acceptors (Lipinski definition) is 7. The Morgan fingerprint density at radius 2 is 2.03 bits per heavy atom. The van der Waals surface area contributed by atoms with Gasteiger partial charge in [-0.15, -0.1) is 0 Å². The van der Waals surface area contributed by atoms with E-state index in [1.807, 2.05) is 6.92 Å². The second-order valence-corrected chi connectivity index (χ2v) is 12.1. The fourth-order valence-electron chi connectivity index (χ4n) is 4.04. The van der Waals surface area contributed by atoms with Gasteiger partial charge in [0.15, 0.2) is 0 Å². The van der Waals surface area contributed by atoms with Gasteiger partial charge in [0.25, 0.3) is 5.91 Å². The van der Waals surface area contributed by atoms with Gasteiger partial charge in [0, 0.05) is 43.8 Å². The van der Waals surface area contributed by atoms with Crippen LogP contribution in [0.25, 0.3) is 0 Å². The second-order valence-electron chi connectivity index (χ2n) is 10.1. The molecule has 3 atom stereocenters. The maximum Gasteiger partial charge on any atom is 0.259 e. The predicted molar refractivity (Wildman–Crippen MR) is 145 cm³/mol. The van der Waals surface area contributed by atoms with Gasteiger partial charge in [0.1, 0.15) is 17.4 Å². The van der Waals surface area contributed by atoms with Crippen LogP contribution >= 0.6 is 0 Å². The highest BCUT2D eigenvalue weighted by atomic mass is 32.2. The molecule has 38 heavy (non-hydrogen) atoms. The van der Waals surface area contributed by atoms with Crippen molar-refractivity contribution in [3.8, 4) is 23.5 Å². The molecule has 1 amide bonds. The van der Waals surface area contributed by atoms with E-state index >= 15 is 0 Å². The zero-order chi connectivity index (χ0) is 28.0. The van der Waals surface area contributed by atoms with Crippen molar-refractivity contribution in [2.24, 2.45) is 11.8 Å². The fraction of sp³-hybridized carbons (Fsp3) is 0.500. The van der Waals surface area contributed by atoms with Gasteiger partial charge in [-0.25, -0.2) is 13.4 Å². The number of sulfonamides is 1. The first-order valence-corrected chi connectivity index (χ1v) is 14.1. The molecule has 0 unspecified atom stereocenters. The topological polar surface area (TPSA) is 109 Å². The lowest BCUT2D eigenvalue weighted by molar-refractivity contribution is 0.0373.